The van der Waals surface area contributed by atoms with Crippen LogP contribution in [-0.4, -0.2) is 41.2 Å². The van der Waals surface area contributed by atoms with Crippen LogP contribution >= 0.6 is 11.6 Å². The molecule has 8 heteroatoms. The zero-order valence-electron chi connectivity index (χ0n) is 16.1. The lowest BCUT2D eigenvalue weighted by Crippen LogP contribution is -2.45. The fourth-order valence-corrected chi connectivity index (χ4v) is 4.72. The third-order valence-electron chi connectivity index (χ3n) is 6.03. The van der Waals surface area contributed by atoms with Gasteiger partial charge < -0.3 is 10.1 Å². The van der Waals surface area contributed by atoms with Gasteiger partial charge in [0.25, 0.3) is 5.91 Å². The van der Waals surface area contributed by atoms with Gasteiger partial charge in [0, 0.05) is 10.7 Å². The molecule has 2 bridgehead atoms. The van der Waals surface area contributed by atoms with E-state index in [9.17, 15) is 19.2 Å². The van der Waals surface area contributed by atoms with Gasteiger partial charge in [-0.3, -0.25) is 19.3 Å². The molecule has 29 heavy (non-hydrogen) atoms. The number of hydrogen-bond donors (Lipinski definition) is 1. The first-order chi connectivity index (χ1) is 13.8. The van der Waals surface area contributed by atoms with Crippen LogP contribution in [0.15, 0.2) is 30.4 Å². The molecule has 1 aliphatic heterocycles. The van der Waals surface area contributed by atoms with Crippen molar-refractivity contribution in [2.75, 3.05) is 11.9 Å². The van der Waals surface area contributed by atoms with Crippen molar-refractivity contribution >= 4 is 41.0 Å². The van der Waals surface area contributed by atoms with E-state index in [4.69, 9.17) is 16.3 Å². The fourth-order valence-electron chi connectivity index (χ4n) is 4.54. The summed E-state index contributed by atoms with van der Waals surface area (Å²) >= 11 is 6.02. The zero-order valence-corrected chi connectivity index (χ0v) is 16.8. The topological polar surface area (TPSA) is 92.8 Å². The number of ether oxygens (including phenoxy) is 1. The van der Waals surface area contributed by atoms with E-state index < -0.39 is 24.5 Å². The Balaban J connectivity index is 1.34. The summed E-state index contributed by atoms with van der Waals surface area (Å²) in [5.74, 6) is -2.57. The third kappa shape index (κ3) is 3.33. The molecule has 152 valence electrons. The number of fused-ring (bicyclic) bond motifs is 5. The molecule has 1 aromatic carbocycles. The molecule has 0 unspecified atom stereocenters. The average Bonchev–Trinajstić information content (AvgIpc) is 3.36. The Morgan fingerprint density at radius 2 is 1.83 bits per heavy atom. The molecule has 5 atom stereocenters. The number of hydrogen-bond acceptors (Lipinski definition) is 5. The number of anilines is 1. The normalized spacial score (nSPS) is 27.9. The summed E-state index contributed by atoms with van der Waals surface area (Å²) in [6, 6.07) is 3.98. The molecule has 1 saturated heterocycles. The highest BCUT2D eigenvalue weighted by atomic mass is 35.5. The number of benzene rings is 1. The summed E-state index contributed by atoms with van der Waals surface area (Å²) in [5, 5.41) is 3.10. The van der Waals surface area contributed by atoms with E-state index in [1.807, 2.05) is 19.1 Å². The lowest BCUT2D eigenvalue weighted by molar-refractivity contribution is -0.159. The average molecular weight is 417 g/mol. The molecule has 7 nitrogen and oxygen atoms in total. The summed E-state index contributed by atoms with van der Waals surface area (Å²) in [7, 11) is 0. The number of carbonyl (C=O) groups excluding carboxylic acids is 4. The number of nitrogens with zero attached hydrogens (tertiary/aromatic N) is 1. The van der Waals surface area contributed by atoms with Gasteiger partial charge in [-0.2, -0.15) is 0 Å². The Labute approximate surface area is 173 Å². The van der Waals surface area contributed by atoms with Gasteiger partial charge in [-0.1, -0.05) is 29.8 Å². The highest BCUT2D eigenvalue weighted by Crippen LogP contribution is 2.52. The van der Waals surface area contributed by atoms with Gasteiger partial charge in [0.2, 0.25) is 11.8 Å². The van der Waals surface area contributed by atoms with Crippen LogP contribution in [0.25, 0.3) is 0 Å². The molecule has 1 N–H and O–H groups in total. The molecule has 4 rings (SSSR count). The summed E-state index contributed by atoms with van der Waals surface area (Å²) < 4.78 is 5.05. The first-order valence-corrected chi connectivity index (χ1v) is 9.93. The second-order valence-electron chi connectivity index (χ2n) is 7.84. The highest BCUT2D eigenvalue weighted by molar-refractivity contribution is 6.31. The number of aryl methyl sites for hydroxylation is 1. The molecule has 1 heterocycles. The van der Waals surface area contributed by atoms with E-state index in [0.717, 1.165) is 16.9 Å². The number of amides is 3. The minimum atomic E-state index is -1.07. The Morgan fingerprint density at radius 3 is 2.41 bits per heavy atom. The Kier molecular flexibility index (Phi) is 4.94. The lowest BCUT2D eigenvalue weighted by atomic mass is 9.85. The van der Waals surface area contributed by atoms with Gasteiger partial charge in [0.15, 0.2) is 6.61 Å². The summed E-state index contributed by atoms with van der Waals surface area (Å²) in [5.41, 5.74) is 1.36. The van der Waals surface area contributed by atoms with Crippen LogP contribution in [0.5, 0.6) is 0 Å². The van der Waals surface area contributed by atoms with Crippen LogP contribution in [0.3, 0.4) is 0 Å². The minimum absolute atomic E-state index is 0.0711. The van der Waals surface area contributed by atoms with Crippen molar-refractivity contribution in [2.45, 2.75) is 26.3 Å². The molecular formula is C21H21ClN2O5. The molecule has 3 amide bonds. The van der Waals surface area contributed by atoms with Crippen LogP contribution in [0.2, 0.25) is 5.02 Å². The van der Waals surface area contributed by atoms with Crippen LogP contribution in [0.4, 0.5) is 5.69 Å². The van der Waals surface area contributed by atoms with Gasteiger partial charge in [-0.25, -0.2) is 4.79 Å². The van der Waals surface area contributed by atoms with Gasteiger partial charge in [-0.05, 0) is 49.8 Å². The molecule has 3 aliphatic rings. The van der Waals surface area contributed by atoms with Crippen molar-refractivity contribution in [3.63, 3.8) is 0 Å². The van der Waals surface area contributed by atoms with Crippen molar-refractivity contribution in [2.24, 2.45) is 23.7 Å². The van der Waals surface area contributed by atoms with E-state index in [-0.39, 0.29) is 35.5 Å². The Bertz CT molecular complexity index is 913. The predicted molar refractivity (Wildman–Crippen MR) is 105 cm³/mol. The van der Waals surface area contributed by atoms with Gasteiger partial charge in [0.1, 0.15) is 6.04 Å². The molecule has 2 aliphatic carbocycles. The first-order valence-electron chi connectivity index (χ1n) is 9.56. The van der Waals surface area contributed by atoms with Crippen LogP contribution in [0, 0.1) is 30.6 Å². The maximum Gasteiger partial charge on any atom is 0.329 e. The van der Waals surface area contributed by atoms with Crippen LogP contribution in [-0.2, 0) is 23.9 Å². The number of rotatable bonds is 5. The van der Waals surface area contributed by atoms with Gasteiger partial charge >= 0.3 is 5.97 Å². The van der Waals surface area contributed by atoms with E-state index in [0.29, 0.717) is 10.7 Å². The number of imide groups is 1. The van der Waals surface area contributed by atoms with Crippen molar-refractivity contribution in [3.05, 3.63) is 40.9 Å². The molecule has 0 radical (unpaired) electrons. The second kappa shape index (κ2) is 7.30. The summed E-state index contributed by atoms with van der Waals surface area (Å²) in [6.45, 7) is 2.77. The van der Waals surface area contributed by atoms with Crippen molar-refractivity contribution < 1.29 is 23.9 Å². The van der Waals surface area contributed by atoms with E-state index in [1.165, 1.54) is 6.92 Å². The van der Waals surface area contributed by atoms with Crippen molar-refractivity contribution in [1.82, 2.24) is 4.90 Å². The van der Waals surface area contributed by atoms with Crippen molar-refractivity contribution in [1.29, 1.82) is 0 Å². The molecule has 1 aromatic rings. The van der Waals surface area contributed by atoms with Gasteiger partial charge in [-0.15, -0.1) is 0 Å². The number of carbonyl (C=O) groups is 4. The Morgan fingerprint density at radius 1 is 1.21 bits per heavy atom. The number of allylic oxidation sites excluding steroid dienone is 2. The number of nitrogens with one attached hydrogen (secondary N) is 1. The molecule has 1 saturated carbocycles. The monoisotopic (exact) mass is 416 g/mol. The van der Waals surface area contributed by atoms with Crippen LogP contribution in [0.1, 0.15) is 18.9 Å². The maximum atomic E-state index is 12.7. The summed E-state index contributed by atoms with van der Waals surface area (Å²) in [6.07, 6.45) is 4.80. The smallest absolute Gasteiger partial charge is 0.329 e. The van der Waals surface area contributed by atoms with E-state index >= 15 is 0 Å². The molecule has 2 fully saturated rings. The maximum absolute atomic E-state index is 12.7. The number of halogens is 1. The minimum Gasteiger partial charge on any atom is -0.454 e. The predicted octanol–water partition coefficient (Wildman–Crippen LogP) is 2.33. The second-order valence-corrected chi connectivity index (χ2v) is 8.25. The molecule has 0 spiro atoms. The van der Waals surface area contributed by atoms with Crippen LogP contribution < -0.4 is 5.32 Å². The van der Waals surface area contributed by atoms with Crippen molar-refractivity contribution in [3.8, 4) is 0 Å². The molecule has 0 aromatic heterocycles. The highest BCUT2D eigenvalue weighted by Gasteiger charge is 2.60. The Hall–Kier alpha value is -2.67. The van der Waals surface area contributed by atoms with E-state index in [2.05, 4.69) is 5.32 Å². The third-order valence-corrected chi connectivity index (χ3v) is 6.44. The number of likely N-dealkylation sites (tertiary alicyclic amines) is 1. The fraction of sp³-hybridized carbons (Fsp3) is 0.429. The quantitative estimate of drug-likeness (QED) is 0.451. The zero-order chi connectivity index (χ0) is 20.9. The first kappa shape index (κ1) is 19.6. The largest absolute Gasteiger partial charge is 0.454 e. The standard InChI is InChI=1S/C21H21ClN2O5/c1-10-3-6-14(8-15(10)22)23-16(25)9-29-21(28)11(2)24-19(26)17-12-4-5-13(7-12)18(17)20(24)27/h3-6,8,11-13,17-18H,7,9H2,1-2H3,(H,23,25)/t11-,12-,13-,17+,18+/m0/s1. The van der Waals surface area contributed by atoms with Gasteiger partial charge in [0.05, 0.1) is 11.8 Å². The summed E-state index contributed by atoms with van der Waals surface area (Å²) in [4.78, 5) is 50.9. The molecular weight excluding hydrogens is 396 g/mol. The SMILES string of the molecule is Cc1ccc(NC(=O)COC(=O)[C@H](C)N2C(=O)[C@H]3[C@H](C2=O)[C@H]2C=C[C@H]3C2)cc1Cl. The number of esters is 1. The van der Waals surface area contributed by atoms with E-state index in [1.54, 1.807) is 18.2 Å². The lowest BCUT2D eigenvalue weighted by Gasteiger charge is -2.23.